The molecule has 0 bridgehead atoms. The van der Waals surface area contributed by atoms with Gasteiger partial charge in [-0.2, -0.15) is 0 Å². The fourth-order valence-electron chi connectivity index (χ4n) is 3.22. The first-order valence-corrected chi connectivity index (χ1v) is 9.73. The van der Waals surface area contributed by atoms with Crippen LogP contribution in [0.5, 0.6) is 11.5 Å². The number of carbonyl (C=O) groups is 2. The first kappa shape index (κ1) is 23.3. The Labute approximate surface area is 188 Å². The predicted octanol–water partition coefficient (Wildman–Crippen LogP) is 3.14. The van der Waals surface area contributed by atoms with E-state index >= 15 is 0 Å². The van der Waals surface area contributed by atoms with Crippen molar-refractivity contribution in [3.05, 3.63) is 70.8 Å². The monoisotopic (exact) mass is 455 g/mol. The first-order valence-electron chi connectivity index (χ1n) is 9.73. The molecule has 0 saturated carbocycles. The molecule has 33 heavy (non-hydrogen) atoms. The van der Waals surface area contributed by atoms with Gasteiger partial charge in [0.2, 0.25) is 5.60 Å². The number of benzene rings is 2. The fourth-order valence-corrected chi connectivity index (χ4v) is 3.22. The maximum absolute atomic E-state index is 13.1. The summed E-state index contributed by atoms with van der Waals surface area (Å²) in [6.07, 6.45) is 0.802. The largest absolute Gasteiger partial charge is 0.495 e. The molecule has 1 atom stereocenters. The number of nitro benzene ring substituents is 1. The summed E-state index contributed by atoms with van der Waals surface area (Å²) in [5, 5.41) is 26.9. The number of ether oxygens (including phenoxy) is 2. The van der Waals surface area contributed by atoms with Gasteiger partial charge in [0, 0.05) is 18.6 Å². The molecule has 3 rings (SSSR count). The summed E-state index contributed by atoms with van der Waals surface area (Å²) >= 11 is 0. The van der Waals surface area contributed by atoms with E-state index in [0.717, 1.165) is 6.07 Å². The number of non-ortho nitro benzene ring substituents is 1. The number of rotatable bonds is 10. The Morgan fingerprint density at radius 1 is 1.33 bits per heavy atom. The molecule has 0 saturated heterocycles. The van der Waals surface area contributed by atoms with E-state index in [-0.39, 0.29) is 23.5 Å². The summed E-state index contributed by atoms with van der Waals surface area (Å²) in [4.78, 5) is 40.5. The van der Waals surface area contributed by atoms with E-state index in [4.69, 9.17) is 14.3 Å². The summed E-state index contributed by atoms with van der Waals surface area (Å²) in [5.41, 5.74) is -1.14. The lowest BCUT2D eigenvalue weighted by molar-refractivity contribution is -0.384. The number of amides is 1. The molecule has 0 unspecified atom stereocenters. The third-order valence-electron chi connectivity index (χ3n) is 4.83. The van der Waals surface area contributed by atoms with E-state index in [9.17, 15) is 24.8 Å². The molecule has 11 heteroatoms. The summed E-state index contributed by atoms with van der Waals surface area (Å²) in [7, 11) is 1.33. The molecule has 0 aromatic heterocycles. The van der Waals surface area contributed by atoms with Crippen molar-refractivity contribution in [3.8, 4) is 11.5 Å². The molecule has 2 aromatic carbocycles. The summed E-state index contributed by atoms with van der Waals surface area (Å²) in [6.45, 7) is 3.92. The number of aliphatic carboxylic acids is 1. The topological polar surface area (TPSA) is 150 Å². The number of hydrogen-bond donors (Lipinski definition) is 2. The lowest BCUT2D eigenvalue weighted by Crippen LogP contribution is -2.45. The van der Waals surface area contributed by atoms with Crippen molar-refractivity contribution in [1.82, 2.24) is 0 Å². The molecule has 1 aliphatic heterocycles. The minimum atomic E-state index is -1.85. The molecule has 0 fully saturated rings. The number of methoxy groups -OCH3 is 1. The van der Waals surface area contributed by atoms with Gasteiger partial charge in [-0.3, -0.25) is 19.7 Å². The Kier molecular flexibility index (Phi) is 6.91. The van der Waals surface area contributed by atoms with Gasteiger partial charge in [-0.25, -0.2) is 0 Å². The van der Waals surface area contributed by atoms with E-state index < -0.39 is 28.8 Å². The van der Waals surface area contributed by atoms with Crippen molar-refractivity contribution in [1.29, 1.82) is 0 Å². The van der Waals surface area contributed by atoms with E-state index in [0.29, 0.717) is 23.6 Å². The second-order valence-corrected chi connectivity index (χ2v) is 7.09. The van der Waals surface area contributed by atoms with Crippen molar-refractivity contribution < 1.29 is 33.9 Å². The normalized spacial score (nSPS) is 16.8. The van der Waals surface area contributed by atoms with Crippen LogP contribution in [0.3, 0.4) is 0 Å². The van der Waals surface area contributed by atoms with Crippen LogP contribution in [0, 0.1) is 10.1 Å². The number of carboxylic acids is 1. The maximum atomic E-state index is 13.1. The van der Waals surface area contributed by atoms with Crippen molar-refractivity contribution in [2.75, 3.05) is 19.0 Å². The molecule has 2 N–H and O–H groups in total. The van der Waals surface area contributed by atoms with E-state index in [2.05, 4.69) is 17.1 Å². The molecule has 2 aromatic rings. The minimum Gasteiger partial charge on any atom is -0.495 e. The molecular formula is C22H21N3O8. The third-order valence-corrected chi connectivity index (χ3v) is 4.83. The van der Waals surface area contributed by atoms with Crippen LogP contribution in [0.25, 0.3) is 0 Å². The molecule has 11 nitrogen and oxygen atoms in total. The van der Waals surface area contributed by atoms with Crippen LogP contribution in [-0.4, -0.2) is 46.9 Å². The van der Waals surface area contributed by atoms with Gasteiger partial charge in [0.25, 0.3) is 11.6 Å². The van der Waals surface area contributed by atoms with Crippen molar-refractivity contribution in [3.63, 3.8) is 0 Å². The van der Waals surface area contributed by atoms with Crippen LogP contribution < -0.4 is 14.8 Å². The summed E-state index contributed by atoms with van der Waals surface area (Å²) in [5.74, 6) is -1.34. The van der Waals surface area contributed by atoms with Gasteiger partial charge in [0.1, 0.15) is 18.1 Å². The summed E-state index contributed by atoms with van der Waals surface area (Å²) in [6, 6.07) is 10.5. The second kappa shape index (κ2) is 9.81. The lowest BCUT2D eigenvalue weighted by atomic mass is 9.90. The number of hydrogen-bond acceptors (Lipinski definition) is 8. The number of carboxylic acid groups (broad SMARTS) is 1. The van der Waals surface area contributed by atoms with Gasteiger partial charge in [-0.05, 0) is 35.9 Å². The number of nitrogens with zero attached hydrogens (tertiary/aromatic N) is 2. The quantitative estimate of drug-likeness (QED) is 0.315. The second-order valence-electron chi connectivity index (χ2n) is 7.09. The average Bonchev–Trinajstić information content (AvgIpc) is 3.22. The molecule has 0 spiro atoms. The van der Waals surface area contributed by atoms with Crippen LogP contribution in [0.1, 0.15) is 18.4 Å². The van der Waals surface area contributed by atoms with E-state index in [1.165, 1.54) is 19.2 Å². The zero-order valence-corrected chi connectivity index (χ0v) is 17.6. The smallest absolute Gasteiger partial charge is 0.308 e. The Hall–Kier alpha value is -4.41. The number of nitrogens with one attached hydrogen (secondary N) is 1. The Morgan fingerprint density at radius 3 is 2.67 bits per heavy atom. The van der Waals surface area contributed by atoms with Gasteiger partial charge in [-0.15, -0.1) is 0 Å². The van der Waals surface area contributed by atoms with Crippen LogP contribution in [0.15, 0.2) is 60.3 Å². The van der Waals surface area contributed by atoms with Crippen molar-refractivity contribution >= 4 is 29.0 Å². The first-order chi connectivity index (χ1) is 15.8. The lowest BCUT2D eigenvalue weighted by Gasteiger charge is -2.24. The van der Waals surface area contributed by atoms with Crippen LogP contribution >= 0.6 is 0 Å². The fraction of sp³-hybridized carbons (Fsp3) is 0.227. The van der Waals surface area contributed by atoms with Gasteiger partial charge < -0.3 is 24.7 Å². The average molecular weight is 455 g/mol. The predicted molar refractivity (Wildman–Crippen MR) is 118 cm³/mol. The highest BCUT2D eigenvalue weighted by Crippen LogP contribution is 2.35. The molecule has 1 amide bonds. The summed E-state index contributed by atoms with van der Waals surface area (Å²) < 4.78 is 10.6. The molecule has 0 aliphatic carbocycles. The Bertz CT molecular complexity index is 1110. The SMILES string of the molecule is C=CCOc1ccc(C2=NO[C@@](CC(=O)O)(C(=O)Nc3cc([N+](=O)[O-])ccc3OC)C2)cc1. The van der Waals surface area contributed by atoms with Crippen molar-refractivity contribution in [2.45, 2.75) is 18.4 Å². The maximum Gasteiger partial charge on any atom is 0.308 e. The molecule has 1 aliphatic rings. The van der Waals surface area contributed by atoms with Crippen molar-refractivity contribution in [2.24, 2.45) is 5.16 Å². The molecular weight excluding hydrogens is 434 g/mol. The molecule has 0 radical (unpaired) electrons. The van der Waals surface area contributed by atoms with Crippen LogP contribution in [-0.2, 0) is 14.4 Å². The van der Waals surface area contributed by atoms with Crippen LogP contribution in [0.2, 0.25) is 0 Å². The van der Waals surface area contributed by atoms with Gasteiger partial charge in [0.15, 0.2) is 0 Å². The molecule has 1 heterocycles. The Morgan fingerprint density at radius 2 is 2.06 bits per heavy atom. The zero-order chi connectivity index (χ0) is 24.0. The van der Waals surface area contributed by atoms with Crippen LogP contribution in [0.4, 0.5) is 11.4 Å². The third kappa shape index (κ3) is 5.26. The standard InChI is InChI=1S/C22H21N3O8/c1-3-10-32-16-7-4-14(5-8-16)18-12-22(33-24-18,13-20(26)27)21(28)23-17-11-15(25(29)30)6-9-19(17)31-2/h3-9,11H,1,10,12-13H2,2H3,(H,23,28)(H,26,27)/t22-/m0/s1. The van der Waals surface area contributed by atoms with E-state index in [1.54, 1.807) is 30.3 Å². The minimum absolute atomic E-state index is 0.00207. The molecule has 172 valence electrons. The number of oxime groups is 1. The zero-order valence-electron chi connectivity index (χ0n) is 17.6. The number of carbonyl (C=O) groups excluding carboxylic acids is 1. The highest BCUT2D eigenvalue weighted by molar-refractivity contribution is 6.09. The number of nitro groups is 1. The van der Waals surface area contributed by atoms with Gasteiger partial charge in [-0.1, -0.05) is 17.8 Å². The van der Waals surface area contributed by atoms with Gasteiger partial charge >= 0.3 is 5.97 Å². The van der Waals surface area contributed by atoms with E-state index in [1.807, 2.05) is 0 Å². The Balaban J connectivity index is 1.84. The van der Waals surface area contributed by atoms with Gasteiger partial charge in [0.05, 0.1) is 29.9 Å². The highest BCUT2D eigenvalue weighted by atomic mass is 16.7. The number of anilines is 1. The highest BCUT2D eigenvalue weighted by Gasteiger charge is 2.49.